The van der Waals surface area contributed by atoms with Gasteiger partial charge in [-0.25, -0.2) is 0 Å². The van der Waals surface area contributed by atoms with Crippen LogP contribution in [0.1, 0.15) is 21.5 Å². The van der Waals surface area contributed by atoms with Crippen LogP contribution in [0.5, 0.6) is 11.5 Å². The molecule has 0 saturated heterocycles. The van der Waals surface area contributed by atoms with Crippen LogP contribution in [-0.2, 0) is 0 Å². The predicted molar refractivity (Wildman–Crippen MR) is 86.5 cm³/mol. The Morgan fingerprint density at radius 2 is 1.96 bits per heavy atom. The lowest BCUT2D eigenvalue weighted by Crippen LogP contribution is -2.29. The Balaban J connectivity index is 2.11. The van der Waals surface area contributed by atoms with E-state index in [-0.39, 0.29) is 12.5 Å². The Bertz CT molecular complexity index is 733. The number of aliphatic hydroxyl groups is 1. The van der Waals surface area contributed by atoms with Crippen molar-refractivity contribution in [2.75, 3.05) is 20.2 Å². The summed E-state index contributed by atoms with van der Waals surface area (Å²) < 4.78 is 5.78. The number of hydrogen-bond donors (Lipinski definition) is 1. The van der Waals surface area contributed by atoms with Gasteiger partial charge in [0.15, 0.2) is 0 Å². The zero-order valence-corrected chi connectivity index (χ0v) is 13.1. The molecule has 2 rings (SSSR count). The zero-order chi connectivity index (χ0) is 16.8. The molecule has 0 bridgehead atoms. The highest BCUT2D eigenvalue weighted by Gasteiger charge is 2.11. The normalized spacial score (nSPS) is 10.0. The Labute approximate surface area is 135 Å². The lowest BCUT2D eigenvalue weighted by atomic mass is 10.1. The molecule has 1 N–H and O–H groups in total. The Kier molecular flexibility index (Phi) is 5.34. The molecule has 0 fully saturated rings. The quantitative estimate of drug-likeness (QED) is 0.921. The van der Waals surface area contributed by atoms with E-state index < -0.39 is 0 Å². The van der Waals surface area contributed by atoms with Crippen molar-refractivity contribution in [1.82, 2.24) is 4.90 Å². The van der Waals surface area contributed by atoms with Crippen LogP contribution < -0.4 is 4.74 Å². The van der Waals surface area contributed by atoms with Crippen LogP contribution >= 0.6 is 0 Å². The summed E-state index contributed by atoms with van der Waals surface area (Å²) in [5.74, 6) is 1.12. The number of carbonyl (C=O) groups excluding carboxylic acids is 1. The van der Waals surface area contributed by atoms with Gasteiger partial charge in [-0.2, -0.15) is 5.26 Å². The van der Waals surface area contributed by atoms with Gasteiger partial charge in [-0.05, 0) is 55.0 Å². The van der Waals surface area contributed by atoms with E-state index in [9.17, 15) is 4.79 Å². The molecule has 2 aromatic carbocycles. The first-order valence-electron chi connectivity index (χ1n) is 7.20. The summed E-state index contributed by atoms with van der Waals surface area (Å²) in [7, 11) is 1.64. The van der Waals surface area contributed by atoms with Gasteiger partial charge in [0, 0.05) is 19.2 Å². The highest BCUT2D eigenvalue weighted by Crippen LogP contribution is 2.26. The fourth-order valence-electron chi connectivity index (χ4n) is 2.10. The van der Waals surface area contributed by atoms with Crippen molar-refractivity contribution in [2.24, 2.45) is 0 Å². The lowest BCUT2D eigenvalue weighted by Gasteiger charge is -2.16. The van der Waals surface area contributed by atoms with Crippen molar-refractivity contribution in [1.29, 1.82) is 5.26 Å². The standard InChI is InChI=1S/C18H18N2O3/c1-13-11-14(12-19)3-8-17(13)23-16-6-4-15(5-7-16)18(22)20(2)9-10-21/h3-8,11,21H,9-10H2,1-2H3. The third-order valence-electron chi connectivity index (χ3n) is 3.42. The maximum absolute atomic E-state index is 12.1. The number of amides is 1. The summed E-state index contributed by atoms with van der Waals surface area (Å²) in [6.07, 6.45) is 0. The predicted octanol–water partition coefficient (Wildman–Crippen LogP) is 2.72. The van der Waals surface area contributed by atoms with Crippen molar-refractivity contribution in [3.8, 4) is 17.6 Å². The highest BCUT2D eigenvalue weighted by molar-refractivity contribution is 5.94. The van der Waals surface area contributed by atoms with Gasteiger partial charge in [0.2, 0.25) is 0 Å². The van der Waals surface area contributed by atoms with Gasteiger partial charge in [-0.1, -0.05) is 0 Å². The molecular weight excluding hydrogens is 292 g/mol. The molecule has 118 valence electrons. The molecule has 0 atom stereocenters. The molecular formula is C18H18N2O3. The van der Waals surface area contributed by atoms with Crippen molar-refractivity contribution in [2.45, 2.75) is 6.92 Å². The minimum Gasteiger partial charge on any atom is -0.457 e. The van der Waals surface area contributed by atoms with Crippen molar-refractivity contribution < 1.29 is 14.6 Å². The SMILES string of the molecule is Cc1cc(C#N)ccc1Oc1ccc(C(=O)N(C)CCO)cc1. The van der Waals surface area contributed by atoms with E-state index in [2.05, 4.69) is 6.07 Å². The summed E-state index contributed by atoms with van der Waals surface area (Å²) in [5, 5.41) is 17.7. The molecule has 0 saturated carbocycles. The van der Waals surface area contributed by atoms with Gasteiger partial charge in [0.25, 0.3) is 5.91 Å². The number of rotatable bonds is 5. The number of carbonyl (C=O) groups is 1. The minimum atomic E-state index is -0.153. The second-order valence-electron chi connectivity index (χ2n) is 5.17. The van der Waals surface area contributed by atoms with Crippen molar-refractivity contribution in [3.63, 3.8) is 0 Å². The Hall–Kier alpha value is -2.84. The maximum Gasteiger partial charge on any atom is 0.253 e. The molecule has 2 aromatic rings. The van der Waals surface area contributed by atoms with Crippen LogP contribution in [-0.4, -0.2) is 36.1 Å². The first-order valence-corrected chi connectivity index (χ1v) is 7.20. The Morgan fingerprint density at radius 3 is 2.52 bits per heavy atom. The first-order chi connectivity index (χ1) is 11.0. The molecule has 0 spiro atoms. The van der Waals surface area contributed by atoms with Gasteiger partial charge in [0.05, 0.1) is 18.2 Å². The number of ether oxygens (including phenoxy) is 1. The molecule has 0 aromatic heterocycles. The van der Waals surface area contributed by atoms with E-state index >= 15 is 0 Å². The third-order valence-corrected chi connectivity index (χ3v) is 3.42. The Morgan fingerprint density at radius 1 is 1.26 bits per heavy atom. The summed E-state index contributed by atoms with van der Waals surface area (Å²) in [6.45, 7) is 2.10. The second kappa shape index (κ2) is 7.43. The fraction of sp³-hybridized carbons (Fsp3) is 0.222. The molecule has 1 amide bonds. The fourth-order valence-corrected chi connectivity index (χ4v) is 2.10. The molecule has 5 nitrogen and oxygen atoms in total. The average molecular weight is 310 g/mol. The summed E-state index contributed by atoms with van der Waals surface area (Å²) in [5.41, 5.74) is 1.99. The number of aliphatic hydroxyl groups excluding tert-OH is 1. The first kappa shape index (κ1) is 16.5. The van der Waals surface area contributed by atoms with E-state index in [0.29, 0.717) is 29.2 Å². The minimum absolute atomic E-state index is 0.0681. The number of aryl methyl sites for hydroxylation is 1. The van der Waals surface area contributed by atoms with E-state index in [1.807, 2.05) is 6.92 Å². The van der Waals surface area contributed by atoms with Crippen LogP contribution in [0.25, 0.3) is 0 Å². The van der Waals surface area contributed by atoms with Crippen LogP contribution in [0.15, 0.2) is 42.5 Å². The summed E-state index contributed by atoms with van der Waals surface area (Å²) >= 11 is 0. The molecule has 0 aliphatic heterocycles. The number of benzene rings is 2. The number of likely N-dealkylation sites (N-methyl/N-ethyl adjacent to an activating group) is 1. The molecule has 0 aliphatic carbocycles. The van der Waals surface area contributed by atoms with Gasteiger partial charge in [-0.15, -0.1) is 0 Å². The van der Waals surface area contributed by atoms with Gasteiger partial charge in [-0.3, -0.25) is 4.79 Å². The van der Waals surface area contributed by atoms with Crippen LogP contribution in [0.3, 0.4) is 0 Å². The summed E-state index contributed by atoms with van der Waals surface area (Å²) in [4.78, 5) is 13.5. The average Bonchev–Trinajstić information content (AvgIpc) is 2.57. The molecule has 0 unspecified atom stereocenters. The molecule has 0 radical (unpaired) electrons. The lowest BCUT2D eigenvalue weighted by molar-refractivity contribution is 0.0767. The van der Waals surface area contributed by atoms with Crippen LogP contribution in [0, 0.1) is 18.3 Å². The molecule has 23 heavy (non-hydrogen) atoms. The van der Waals surface area contributed by atoms with Crippen LogP contribution in [0.4, 0.5) is 0 Å². The monoisotopic (exact) mass is 310 g/mol. The van der Waals surface area contributed by atoms with Crippen LogP contribution in [0.2, 0.25) is 0 Å². The smallest absolute Gasteiger partial charge is 0.253 e. The maximum atomic E-state index is 12.1. The van der Waals surface area contributed by atoms with Crippen molar-refractivity contribution >= 4 is 5.91 Å². The van der Waals surface area contributed by atoms with Gasteiger partial charge in [0.1, 0.15) is 11.5 Å². The molecule has 0 heterocycles. The topological polar surface area (TPSA) is 73.6 Å². The molecule has 0 aliphatic rings. The van der Waals surface area contributed by atoms with E-state index in [1.54, 1.807) is 49.5 Å². The number of nitriles is 1. The highest BCUT2D eigenvalue weighted by atomic mass is 16.5. The zero-order valence-electron chi connectivity index (χ0n) is 13.1. The van der Waals surface area contributed by atoms with E-state index in [0.717, 1.165) is 5.56 Å². The van der Waals surface area contributed by atoms with Gasteiger partial charge < -0.3 is 14.7 Å². The number of hydrogen-bond acceptors (Lipinski definition) is 4. The third kappa shape index (κ3) is 4.09. The second-order valence-corrected chi connectivity index (χ2v) is 5.17. The van der Waals surface area contributed by atoms with Gasteiger partial charge >= 0.3 is 0 Å². The van der Waals surface area contributed by atoms with Crippen molar-refractivity contribution in [3.05, 3.63) is 59.2 Å². The largest absolute Gasteiger partial charge is 0.457 e. The summed E-state index contributed by atoms with van der Waals surface area (Å²) in [6, 6.07) is 14.1. The molecule has 5 heteroatoms. The van der Waals surface area contributed by atoms with E-state index in [4.69, 9.17) is 15.1 Å². The van der Waals surface area contributed by atoms with E-state index in [1.165, 1.54) is 4.90 Å². The number of nitrogens with zero attached hydrogens (tertiary/aromatic N) is 2.